The van der Waals surface area contributed by atoms with Gasteiger partial charge in [0.15, 0.2) is 0 Å². The topological polar surface area (TPSA) is 122 Å². The average Bonchev–Trinajstić information content (AvgIpc) is 3.24. The van der Waals surface area contributed by atoms with Crippen LogP contribution in [0.4, 0.5) is 4.79 Å². The van der Waals surface area contributed by atoms with Crippen molar-refractivity contribution in [3.8, 4) is 11.1 Å². The smallest absolute Gasteiger partial charge is 0.407 e. The molecular weight excluding hydrogens is 488 g/mol. The molecule has 0 aliphatic heterocycles. The molecule has 3 aromatic carbocycles. The lowest BCUT2D eigenvalue weighted by Gasteiger charge is -2.23. The highest BCUT2D eigenvalue weighted by Gasteiger charge is 2.31. The van der Waals surface area contributed by atoms with E-state index in [1.54, 1.807) is 12.1 Å². The molecule has 0 unspecified atom stereocenters. The SMILES string of the molecule is CN(CC(=O)OCc1ccccc1)C(=O)[C@H](CC(=O)O)NC(=O)OCC1c2ccccc2-c2ccccc21. The number of ether oxygens (including phenoxy) is 2. The minimum absolute atomic E-state index is 0.00942. The second-order valence-corrected chi connectivity index (χ2v) is 8.96. The van der Waals surface area contributed by atoms with E-state index in [1.165, 1.54) is 7.05 Å². The van der Waals surface area contributed by atoms with Crippen LogP contribution in [0.15, 0.2) is 78.9 Å². The van der Waals surface area contributed by atoms with Gasteiger partial charge in [0.2, 0.25) is 5.91 Å². The maximum atomic E-state index is 12.9. The first kappa shape index (κ1) is 26.4. The molecule has 0 fully saturated rings. The molecule has 0 heterocycles. The molecule has 0 bridgehead atoms. The Morgan fingerprint density at radius 2 is 1.45 bits per heavy atom. The van der Waals surface area contributed by atoms with Gasteiger partial charge in [0, 0.05) is 13.0 Å². The van der Waals surface area contributed by atoms with Crippen LogP contribution in [-0.4, -0.2) is 60.2 Å². The lowest BCUT2D eigenvalue weighted by atomic mass is 9.98. The molecule has 3 aromatic rings. The third-order valence-corrected chi connectivity index (χ3v) is 6.30. The lowest BCUT2D eigenvalue weighted by Crippen LogP contribution is -2.49. The standard InChI is InChI=1S/C29H28N2O7/c1-31(16-27(34)37-17-19-9-3-2-4-10-19)28(35)25(15-26(32)33)30-29(36)38-18-24-22-13-7-5-11-20(22)21-12-6-8-14-23(21)24/h2-14,24-25H,15-18H2,1H3,(H,30,36)(H,32,33)/t25-/m0/s1. The van der Waals surface area contributed by atoms with Crippen molar-refractivity contribution in [1.82, 2.24) is 10.2 Å². The molecule has 1 aliphatic carbocycles. The normalized spacial score (nSPS) is 12.6. The van der Waals surface area contributed by atoms with Crippen molar-refractivity contribution < 1.29 is 33.8 Å². The summed E-state index contributed by atoms with van der Waals surface area (Å²) in [6.45, 7) is -0.359. The highest BCUT2D eigenvalue weighted by molar-refractivity contribution is 5.91. The Morgan fingerprint density at radius 1 is 0.868 bits per heavy atom. The maximum absolute atomic E-state index is 12.9. The summed E-state index contributed by atoms with van der Waals surface area (Å²) in [5.74, 6) is -2.90. The summed E-state index contributed by atoms with van der Waals surface area (Å²) >= 11 is 0. The quantitative estimate of drug-likeness (QED) is 0.395. The van der Waals surface area contributed by atoms with Crippen molar-refractivity contribution in [3.63, 3.8) is 0 Å². The monoisotopic (exact) mass is 516 g/mol. The van der Waals surface area contributed by atoms with Gasteiger partial charge in [0.25, 0.3) is 0 Å². The molecule has 9 nitrogen and oxygen atoms in total. The Bertz CT molecular complexity index is 1280. The molecule has 2 N–H and O–H groups in total. The van der Waals surface area contributed by atoms with Crippen molar-refractivity contribution in [2.75, 3.05) is 20.2 Å². The van der Waals surface area contributed by atoms with Gasteiger partial charge in [-0.2, -0.15) is 0 Å². The Hall–Kier alpha value is -4.66. The number of alkyl carbamates (subject to hydrolysis) is 1. The number of nitrogens with zero attached hydrogens (tertiary/aromatic N) is 1. The summed E-state index contributed by atoms with van der Waals surface area (Å²) in [6, 6.07) is 23.3. The molecule has 1 atom stereocenters. The van der Waals surface area contributed by atoms with Crippen LogP contribution >= 0.6 is 0 Å². The minimum atomic E-state index is -1.42. The molecule has 2 amide bonds. The number of carbonyl (C=O) groups excluding carboxylic acids is 3. The number of carboxylic acids is 1. The highest BCUT2D eigenvalue weighted by atomic mass is 16.5. The molecule has 196 valence electrons. The Kier molecular flexibility index (Phi) is 8.37. The number of carboxylic acid groups (broad SMARTS) is 1. The van der Waals surface area contributed by atoms with Crippen LogP contribution < -0.4 is 5.32 Å². The van der Waals surface area contributed by atoms with E-state index in [9.17, 15) is 24.3 Å². The number of benzene rings is 3. The number of hydrogen-bond acceptors (Lipinski definition) is 6. The lowest BCUT2D eigenvalue weighted by molar-refractivity contribution is -0.150. The summed E-state index contributed by atoms with van der Waals surface area (Å²) in [7, 11) is 1.33. The van der Waals surface area contributed by atoms with E-state index in [2.05, 4.69) is 5.32 Å². The van der Waals surface area contributed by atoms with Gasteiger partial charge in [-0.25, -0.2) is 4.79 Å². The summed E-state index contributed by atoms with van der Waals surface area (Å²) in [5.41, 5.74) is 4.96. The third-order valence-electron chi connectivity index (χ3n) is 6.30. The van der Waals surface area contributed by atoms with E-state index in [1.807, 2.05) is 66.7 Å². The van der Waals surface area contributed by atoms with E-state index in [4.69, 9.17) is 9.47 Å². The fraction of sp³-hybridized carbons (Fsp3) is 0.241. The van der Waals surface area contributed by atoms with Crippen molar-refractivity contribution in [3.05, 3.63) is 95.6 Å². The number of rotatable bonds is 10. The predicted molar refractivity (Wildman–Crippen MR) is 138 cm³/mol. The van der Waals surface area contributed by atoms with E-state index < -0.39 is 42.9 Å². The number of hydrogen-bond donors (Lipinski definition) is 2. The Labute approximate surface area is 220 Å². The number of likely N-dealkylation sites (N-methyl/N-ethyl adjacent to an activating group) is 1. The zero-order valence-electron chi connectivity index (χ0n) is 20.8. The summed E-state index contributed by atoms with van der Waals surface area (Å²) < 4.78 is 10.6. The molecule has 38 heavy (non-hydrogen) atoms. The number of carbonyl (C=O) groups is 4. The Morgan fingerprint density at radius 3 is 2.05 bits per heavy atom. The van der Waals surface area contributed by atoms with E-state index >= 15 is 0 Å². The van der Waals surface area contributed by atoms with Gasteiger partial charge in [-0.1, -0.05) is 78.9 Å². The molecule has 0 saturated carbocycles. The number of fused-ring (bicyclic) bond motifs is 3. The van der Waals surface area contributed by atoms with Crippen molar-refractivity contribution in [2.24, 2.45) is 0 Å². The predicted octanol–water partition coefficient (Wildman–Crippen LogP) is 3.57. The molecule has 1 aliphatic rings. The van der Waals surface area contributed by atoms with Gasteiger partial charge in [0.1, 0.15) is 25.8 Å². The van der Waals surface area contributed by atoms with Crippen LogP contribution in [0.2, 0.25) is 0 Å². The van der Waals surface area contributed by atoms with Gasteiger partial charge in [-0.05, 0) is 27.8 Å². The highest BCUT2D eigenvalue weighted by Crippen LogP contribution is 2.44. The van der Waals surface area contributed by atoms with Crippen LogP contribution in [0.1, 0.15) is 29.0 Å². The second-order valence-electron chi connectivity index (χ2n) is 8.96. The zero-order chi connectivity index (χ0) is 27.1. The van der Waals surface area contributed by atoms with Crippen LogP contribution in [0, 0.1) is 0 Å². The van der Waals surface area contributed by atoms with E-state index in [0.717, 1.165) is 32.7 Å². The minimum Gasteiger partial charge on any atom is -0.481 e. The van der Waals surface area contributed by atoms with Gasteiger partial charge in [-0.15, -0.1) is 0 Å². The van der Waals surface area contributed by atoms with Gasteiger partial charge >= 0.3 is 18.0 Å². The maximum Gasteiger partial charge on any atom is 0.407 e. The summed E-state index contributed by atoms with van der Waals surface area (Å²) in [5, 5.41) is 11.6. The molecule has 9 heteroatoms. The Balaban J connectivity index is 1.34. The average molecular weight is 517 g/mol. The van der Waals surface area contributed by atoms with Crippen LogP contribution in [0.3, 0.4) is 0 Å². The molecule has 0 aromatic heterocycles. The second kappa shape index (κ2) is 12.1. The molecule has 0 saturated heterocycles. The number of aliphatic carboxylic acids is 1. The zero-order valence-corrected chi connectivity index (χ0v) is 20.8. The van der Waals surface area contributed by atoms with Crippen LogP contribution in [0.5, 0.6) is 0 Å². The fourth-order valence-corrected chi connectivity index (χ4v) is 4.48. The number of esters is 1. The summed E-state index contributed by atoms with van der Waals surface area (Å²) in [6.07, 6.45) is -1.60. The van der Waals surface area contributed by atoms with E-state index in [-0.39, 0.29) is 19.1 Å². The van der Waals surface area contributed by atoms with E-state index in [0.29, 0.717) is 0 Å². The first-order chi connectivity index (χ1) is 18.3. The van der Waals surface area contributed by atoms with Gasteiger partial charge < -0.3 is 24.8 Å². The van der Waals surface area contributed by atoms with Crippen LogP contribution in [-0.2, 0) is 30.5 Å². The van der Waals surface area contributed by atoms with Gasteiger partial charge in [0.05, 0.1) is 6.42 Å². The van der Waals surface area contributed by atoms with Gasteiger partial charge in [-0.3, -0.25) is 14.4 Å². The fourth-order valence-electron chi connectivity index (χ4n) is 4.48. The third kappa shape index (κ3) is 6.36. The number of amides is 2. The first-order valence-corrected chi connectivity index (χ1v) is 12.1. The first-order valence-electron chi connectivity index (χ1n) is 12.1. The molecule has 0 spiro atoms. The number of nitrogens with one attached hydrogen (secondary N) is 1. The molecule has 0 radical (unpaired) electrons. The van der Waals surface area contributed by atoms with Crippen molar-refractivity contribution >= 4 is 23.9 Å². The summed E-state index contributed by atoms with van der Waals surface area (Å²) in [4.78, 5) is 50.1. The van der Waals surface area contributed by atoms with Crippen LogP contribution in [0.25, 0.3) is 11.1 Å². The molecular formula is C29H28N2O7. The van der Waals surface area contributed by atoms with Crippen molar-refractivity contribution in [2.45, 2.75) is 25.0 Å². The van der Waals surface area contributed by atoms with Crippen molar-refractivity contribution in [1.29, 1.82) is 0 Å². The molecule has 4 rings (SSSR count). The largest absolute Gasteiger partial charge is 0.481 e.